The lowest BCUT2D eigenvalue weighted by atomic mass is 10.1. The molecule has 0 saturated carbocycles. The van der Waals surface area contributed by atoms with Crippen LogP contribution in [0.15, 0.2) is 28.7 Å². The molecule has 1 fully saturated rings. The number of hydrogen-bond donors (Lipinski definition) is 1. The van der Waals surface area contributed by atoms with E-state index in [1.165, 1.54) is 18.4 Å². The molecule has 1 saturated heterocycles. The smallest absolute Gasteiger partial charge is 0.0702 e. The minimum Gasteiger partial charge on any atom is -0.377 e. The summed E-state index contributed by atoms with van der Waals surface area (Å²) in [5, 5.41) is 0. The van der Waals surface area contributed by atoms with Gasteiger partial charge in [0.05, 0.1) is 6.10 Å². The molecule has 18 heavy (non-hydrogen) atoms. The fourth-order valence-corrected chi connectivity index (χ4v) is 2.76. The van der Waals surface area contributed by atoms with E-state index in [1.54, 1.807) is 0 Å². The normalized spacial score (nSPS) is 21.4. The van der Waals surface area contributed by atoms with Crippen LogP contribution in [0.2, 0.25) is 0 Å². The maximum Gasteiger partial charge on any atom is 0.0702 e. The Labute approximate surface area is 117 Å². The summed E-state index contributed by atoms with van der Waals surface area (Å²) in [5.41, 5.74) is 7.19. The number of nitrogens with two attached hydrogens (primary N) is 1. The predicted octanol–water partition coefficient (Wildman–Crippen LogP) is 2.56. The largest absolute Gasteiger partial charge is 0.377 e. The molecular formula is C14H21BrN2O. The minimum atomic E-state index is 0.266. The number of benzene rings is 1. The number of ether oxygens (including phenoxy) is 1. The van der Waals surface area contributed by atoms with Crippen molar-refractivity contribution in [3.63, 3.8) is 0 Å². The molecule has 2 rings (SSSR count). The third kappa shape index (κ3) is 3.54. The molecule has 0 spiro atoms. The van der Waals surface area contributed by atoms with Gasteiger partial charge < -0.3 is 10.5 Å². The zero-order valence-corrected chi connectivity index (χ0v) is 12.4. The molecule has 2 N–H and O–H groups in total. The quantitative estimate of drug-likeness (QED) is 0.908. The summed E-state index contributed by atoms with van der Waals surface area (Å²) in [4.78, 5) is 2.30. The molecule has 1 aromatic carbocycles. The Hall–Kier alpha value is -0.420. The molecule has 0 bridgehead atoms. The lowest BCUT2D eigenvalue weighted by Crippen LogP contribution is -2.36. The first-order valence-corrected chi connectivity index (χ1v) is 7.27. The molecule has 1 aliphatic heterocycles. The van der Waals surface area contributed by atoms with E-state index in [-0.39, 0.29) is 6.04 Å². The average molecular weight is 313 g/mol. The topological polar surface area (TPSA) is 38.5 Å². The molecule has 1 aliphatic rings. The molecule has 1 aromatic rings. The second kappa shape index (κ2) is 6.66. The van der Waals surface area contributed by atoms with Gasteiger partial charge in [0.25, 0.3) is 0 Å². The highest BCUT2D eigenvalue weighted by molar-refractivity contribution is 9.10. The standard InChI is InChI=1S/C14H21BrN2O/c1-17(10-13-3-2-8-18-13)14(9-16)11-4-6-12(15)7-5-11/h4-7,13-14H,2-3,8-10,16H2,1H3. The summed E-state index contributed by atoms with van der Waals surface area (Å²) in [6.45, 7) is 2.49. The average Bonchev–Trinajstić information content (AvgIpc) is 2.85. The molecule has 100 valence electrons. The van der Waals surface area contributed by atoms with E-state index in [0.717, 1.165) is 17.6 Å². The van der Waals surface area contributed by atoms with Crippen molar-refractivity contribution in [2.45, 2.75) is 25.0 Å². The van der Waals surface area contributed by atoms with Crippen LogP contribution in [-0.4, -0.2) is 37.7 Å². The third-order valence-electron chi connectivity index (χ3n) is 3.53. The fraction of sp³-hybridized carbons (Fsp3) is 0.571. The third-order valence-corrected chi connectivity index (χ3v) is 4.05. The predicted molar refractivity (Wildman–Crippen MR) is 77.5 cm³/mol. The van der Waals surface area contributed by atoms with Crippen molar-refractivity contribution in [3.8, 4) is 0 Å². The minimum absolute atomic E-state index is 0.266. The molecule has 4 heteroatoms. The van der Waals surface area contributed by atoms with E-state index in [0.29, 0.717) is 12.6 Å². The van der Waals surface area contributed by atoms with Crippen LogP contribution in [0, 0.1) is 0 Å². The maximum atomic E-state index is 5.92. The Morgan fingerprint density at radius 1 is 1.44 bits per heavy atom. The van der Waals surface area contributed by atoms with Crippen LogP contribution in [0.4, 0.5) is 0 Å². The van der Waals surface area contributed by atoms with Crippen LogP contribution < -0.4 is 5.73 Å². The zero-order valence-electron chi connectivity index (χ0n) is 10.8. The summed E-state index contributed by atoms with van der Waals surface area (Å²) in [6.07, 6.45) is 2.73. The van der Waals surface area contributed by atoms with Gasteiger partial charge in [-0.3, -0.25) is 4.90 Å². The van der Waals surface area contributed by atoms with Gasteiger partial charge in [-0.25, -0.2) is 0 Å². The number of likely N-dealkylation sites (N-methyl/N-ethyl adjacent to an activating group) is 1. The molecule has 0 aliphatic carbocycles. The molecule has 0 aromatic heterocycles. The Morgan fingerprint density at radius 2 is 2.17 bits per heavy atom. The van der Waals surface area contributed by atoms with Gasteiger partial charge in [0.15, 0.2) is 0 Å². The number of rotatable bonds is 5. The van der Waals surface area contributed by atoms with Gasteiger partial charge in [0.1, 0.15) is 0 Å². The van der Waals surface area contributed by atoms with Crippen molar-refractivity contribution in [1.82, 2.24) is 4.90 Å². The summed E-state index contributed by atoms with van der Waals surface area (Å²) in [6, 6.07) is 8.67. The Kier molecular flexibility index (Phi) is 5.18. The number of hydrogen-bond acceptors (Lipinski definition) is 3. The second-order valence-corrected chi connectivity index (χ2v) is 5.79. The highest BCUT2D eigenvalue weighted by atomic mass is 79.9. The van der Waals surface area contributed by atoms with Gasteiger partial charge in [-0.1, -0.05) is 28.1 Å². The zero-order chi connectivity index (χ0) is 13.0. The van der Waals surface area contributed by atoms with Crippen molar-refractivity contribution in [1.29, 1.82) is 0 Å². The summed E-state index contributed by atoms with van der Waals surface area (Å²) in [7, 11) is 2.13. The van der Waals surface area contributed by atoms with Gasteiger partial charge in [0, 0.05) is 30.2 Å². The van der Waals surface area contributed by atoms with E-state index in [9.17, 15) is 0 Å². The Balaban J connectivity index is 2.00. The van der Waals surface area contributed by atoms with Crippen molar-refractivity contribution in [2.24, 2.45) is 5.73 Å². The van der Waals surface area contributed by atoms with Crippen molar-refractivity contribution in [3.05, 3.63) is 34.3 Å². The summed E-state index contributed by atoms with van der Waals surface area (Å²) >= 11 is 3.46. The molecule has 3 nitrogen and oxygen atoms in total. The van der Waals surface area contributed by atoms with Crippen LogP contribution >= 0.6 is 15.9 Å². The number of halogens is 1. The van der Waals surface area contributed by atoms with Gasteiger partial charge in [-0.2, -0.15) is 0 Å². The fourth-order valence-electron chi connectivity index (χ4n) is 2.49. The number of nitrogens with zero attached hydrogens (tertiary/aromatic N) is 1. The first-order valence-electron chi connectivity index (χ1n) is 6.48. The van der Waals surface area contributed by atoms with Gasteiger partial charge in [-0.15, -0.1) is 0 Å². The Bertz CT molecular complexity index is 363. The van der Waals surface area contributed by atoms with Crippen LogP contribution in [0.3, 0.4) is 0 Å². The van der Waals surface area contributed by atoms with Gasteiger partial charge in [0.2, 0.25) is 0 Å². The van der Waals surface area contributed by atoms with Crippen LogP contribution in [0.1, 0.15) is 24.4 Å². The van der Waals surface area contributed by atoms with Crippen LogP contribution in [0.25, 0.3) is 0 Å². The molecular weight excluding hydrogens is 292 g/mol. The lowest BCUT2D eigenvalue weighted by molar-refractivity contribution is 0.0689. The summed E-state index contributed by atoms with van der Waals surface area (Å²) in [5.74, 6) is 0. The van der Waals surface area contributed by atoms with E-state index < -0.39 is 0 Å². The molecule has 2 atom stereocenters. The van der Waals surface area contributed by atoms with E-state index in [1.807, 2.05) is 0 Å². The SMILES string of the molecule is CN(CC1CCCO1)C(CN)c1ccc(Br)cc1. The van der Waals surface area contributed by atoms with Gasteiger partial charge in [-0.05, 0) is 37.6 Å². The van der Waals surface area contributed by atoms with Crippen molar-refractivity contribution >= 4 is 15.9 Å². The second-order valence-electron chi connectivity index (χ2n) is 4.88. The van der Waals surface area contributed by atoms with E-state index >= 15 is 0 Å². The maximum absolute atomic E-state index is 5.92. The lowest BCUT2D eigenvalue weighted by Gasteiger charge is -2.29. The van der Waals surface area contributed by atoms with E-state index in [2.05, 4.69) is 52.1 Å². The van der Waals surface area contributed by atoms with Crippen molar-refractivity contribution in [2.75, 3.05) is 26.7 Å². The Morgan fingerprint density at radius 3 is 2.72 bits per heavy atom. The summed E-state index contributed by atoms with van der Waals surface area (Å²) < 4.78 is 6.78. The highest BCUT2D eigenvalue weighted by Crippen LogP contribution is 2.22. The van der Waals surface area contributed by atoms with Crippen LogP contribution in [-0.2, 0) is 4.74 Å². The molecule has 1 heterocycles. The van der Waals surface area contributed by atoms with Crippen LogP contribution in [0.5, 0.6) is 0 Å². The van der Waals surface area contributed by atoms with Crippen molar-refractivity contribution < 1.29 is 4.74 Å². The van der Waals surface area contributed by atoms with Gasteiger partial charge >= 0.3 is 0 Å². The first-order chi connectivity index (χ1) is 8.70. The monoisotopic (exact) mass is 312 g/mol. The molecule has 0 radical (unpaired) electrons. The van der Waals surface area contributed by atoms with E-state index in [4.69, 9.17) is 10.5 Å². The molecule has 0 amide bonds. The molecule has 2 unspecified atom stereocenters. The highest BCUT2D eigenvalue weighted by Gasteiger charge is 2.22. The first kappa shape index (κ1) is 14.0.